The second-order valence-electron chi connectivity index (χ2n) is 4.65. The summed E-state index contributed by atoms with van der Waals surface area (Å²) in [6.07, 6.45) is 0.315. The van der Waals surface area contributed by atoms with E-state index < -0.39 is 20.9 Å². The van der Waals surface area contributed by atoms with Crippen LogP contribution < -0.4 is 5.73 Å². The van der Waals surface area contributed by atoms with Gasteiger partial charge in [0, 0.05) is 13.1 Å². The van der Waals surface area contributed by atoms with E-state index in [0.717, 1.165) is 0 Å². The summed E-state index contributed by atoms with van der Waals surface area (Å²) in [5, 5.41) is 0. The maximum Gasteiger partial charge on any atom is 0.511 e. The molecule has 0 amide bonds. The highest BCUT2D eigenvalue weighted by atomic mass is 32.2. The molecule has 0 aromatic carbocycles. The SMILES string of the molecule is CCCN(CC(C)(C)CN)S(=O)(=O)C(F)(F)F. The van der Waals surface area contributed by atoms with E-state index in [4.69, 9.17) is 5.73 Å². The first-order chi connectivity index (χ1) is 7.48. The average molecular weight is 276 g/mol. The van der Waals surface area contributed by atoms with E-state index in [2.05, 4.69) is 0 Å². The van der Waals surface area contributed by atoms with Gasteiger partial charge in [-0.1, -0.05) is 20.8 Å². The van der Waals surface area contributed by atoms with Crippen molar-refractivity contribution < 1.29 is 21.6 Å². The van der Waals surface area contributed by atoms with Gasteiger partial charge >= 0.3 is 15.5 Å². The summed E-state index contributed by atoms with van der Waals surface area (Å²) < 4.78 is 60.3. The second-order valence-corrected chi connectivity index (χ2v) is 6.58. The minimum absolute atomic E-state index is 0.112. The van der Waals surface area contributed by atoms with Crippen molar-refractivity contribution in [1.82, 2.24) is 4.31 Å². The Balaban J connectivity index is 5.13. The van der Waals surface area contributed by atoms with E-state index >= 15 is 0 Å². The lowest BCUT2D eigenvalue weighted by molar-refractivity contribution is -0.0496. The van der Waals surface area contributed by atoms with E-state index in [1.807, 2.05) is 0 Å². The summed E-state index contributed by atoms with van der Waals surface area (Å²) in [5.74, 6) is 0. The Labute approximate surface area is 100 Å². The van der Waals surface area contributed by atoms with Gasteiger partial charge in [-0.05, 0) is 18.4 Å². The molecular weight excluding hydrogens is 257 g/mol. The van der Waals surface area contributed by atoms with Gasteiger partial charge in [0.25, 0.3) is 0 Å². The lowest BCUT2D eigenvalue weighted by Gasteiger charge is -2.31. The number of alkyl halides is 3. The molecule has 0 aromatic heterocycles. The minimum atomic E-state index is -5.27. The molecule has 104 valence electrons. The summed E-state index contributed by atoms with van der Waals surface area (Å²) in [7, 11) is -5.27. The molecule has 0 spiro atoms. The third-order valence-electron chi connectivity index (χ3n) is 2.26. The van der Waals surface area contributed by atoms with Crippen LogP contribution in [0.25, 0.3) is 0 Å². The third-order valence-corrected chi connectivity index (χ3v) is 3.84. The Bertz CT molecular complexity index is 339. The number of nitrogens with two attached hydrogens (primary N) is 1. The number of hydrogen-bond acceptors (Lipinski definition) is 3. The quantitative estimate of drug-likeness (QED) is 0.800. The van der Waals surface area contributed by atoms with E-state index in [1.54, 1.807) is 20.8 Å². The molecule has 0 fully saturated rings. The lowest BCUT2D eigenvalue weighted by Crippen LogP contribution is -2.47. The van der Waals surface area contributed by atoms with Crippen molar-refractivity contribution in [3.8, 4) is 0 Å². The maximum absolute atomic E-state index is 12.4. The third kappa shape index (κ3) is 4.44. The van der Waals surface area contributed by atoms with E-state index in [-0.39, 0.29) is 19.6 Å². The predicted molar refractivity (Wildman–Crippen MR) is 59.7 cm³/mol. The van der Waals surface area contributed by atoms with Gasteiger partial charge in [0.1, 0.15) is 0 Å². The number of hydrogen-bond donors (Lipinski definition) is 1. The molecule has 0 saturated carbocycles. The molecule has 0 unspecified atom stereocenters. The summed E-state index contributed by atoms with van der Waals surface area (Å²) >= 11 is 0. The van der Waals surface area contributed by atoms with E-state index in [0.29, 0.717) is 10.7 Å². The first-order valence-electron chi connectivity index (χ1n) is 5.24. The van der Waals surface area contributed by atoms with Gasteiger partial charge in [-0.15, -0.1) is 0 Å². The highest BCUT2D eigenvalue weighted by Crippen LogP contribution is 2.29. The Morgan fingerprint density at radius 2 is 1.71 bits per heavy atom. The molecule has 8 heteroatoms. The molecule has 0 aliphatic rings. The Morgan fingerprint density at radius 1 is 1.24 bits per heavy atom. The zero-order chi connectivity index (χ0) is 13.9. The van der Waals surface area contributed by atoms with Crippen LogP contribution in [0.3, 0.4) is 0 Å². The number of rotatable bonds is 6. The van der Waals surface area contributed by atoms with E-state index in [1.165, 1.54) is 0 Å². The van der Waals surface area contributed by atoms with Crippen LogP contribution in [0.15, 0.2) is 0 Å². The van der Waals surface area contributed by atoms with Crippen LogP contribution in [0, 0.1) is 5.41 Å². The molecule has 0 bridgehead atoms. The summed E-state index contributed by atoms with van der Waals surface area (Å²) in [6, 6.07) is 0. The number of sulfonamides is 1. The van der Waals surface area contributed by atoms with Crippen molar-refractivity contribution in [3.05, 3.63) is 0 Å². The van der Waals surface area contributed by atoms with Gasteiger partial charge in [0.05, 0.1) is 0 Å². The smallest absolute Gasteiger partial charge is 0.330 e. The molecular formula is C9H19F3N2O2S. The topological polar surface area (TPSA) is 63.4 Å². The van der Waals surface area contributed by atoms with Crippen LogP contribution in [0.5, 0.6) is 0 Å². The highest BCUT2D eigenvalue weighted by molar-refractivity contribution is 7.90. The van der Waals surface area contributed by atoms with Crippen molar-refractivity contribution >= 4 is 10.0 Å². The monoisotopic (exact) mass is 276 g/mol. The Morgan fingerprint density at radius 3 is 2.00 bits per heavy atom. The molecule has 4 nitrogen and oxygen atoms in total. The zero-order valence-electron chi connectivity index (χ0n) is 10.2. The molecule has 0 aliphatic heterocycles. The fraction of sp³-hybridized carbons (Fsp3) is 1.00. The van der Waals surface area contributed by atoms with Crippen molar-refractivity contribution in [2.45, 2.75) is 32.7 Å². The highest BCUT2D eigenvalue weighted by Gasteiger charge is 2.50. The fourth-order valence-electron chi connectivity index (χ4n) is 1.22. The molecule has 0 atom stereocenters. The van der Waals surface area contributed by atoms with E-state index in [9.17, 15) is 21.6 Å². The van der Waals surface area contributed by atoms with Crippen LogP contribution >= 0.6 is 0 Å². The molecule has 0 aliphatic carbocycles. The van der Waals surface area contributed by atoms with Gasteiger partial charge in [0.2, 0.25) is 0 Å². The van der Waals surface area contributed by atoms with Gasteiger partial charge in [-0.25, -0.2) is 8.42 Å². The van der Waals surface area contributed by atoms with Crippen LogP contribution in [0.1, 0.15) is 27.2 Å². The second kappa shape index (κ2) is 5.53. The van der Waals surface area contributed by atoms with Gasteiger partial charge in [0.15, 0.2) is 0 Å². The minimum Gasteiger partial charge on any atom is -0.330 e. The van der Waals surface area contributed by atoms with Gasteiger partial charge < -0.3 is 5.73 Å². The lowest BCUT2D eigenvalue weighted by atomic mass is 9.94. The summed E-state index contributed by atoms with van der Waals surface area (Å²) in [6.45, 7) is 4.59. The Hall–Kier alpha value is -0.340. The van der Waals surface area contributed by atoms with Crippen LogP contribution in [0.4, 0.5) is 13.2 Å². The van der Waals surface area contributed by atoms with Gasteiger partial charge in [-0.3, -0.25) is 0 Å². The van der Waals surface area contributed by atoms with Crippen LogP contribution in [0.2, 0.25) is 0 Å². The van der Waals surface area contributed by atoms with Crippen molar-refractivity contribution in [2.24, 2.45) is 11.1 Å². The standard InChI is InChI=1S/C9H19F3N2O2S/c1-4-5-14(7-8(2,3)6-13)17(15,16)9(10,11)12/h4-7,13H2,1-3H3. The molecule has 0 rings (SSSR count). The predicted octanol–water partition coefficient (Wildman–Crippen LogP) is 1.53. The zero-order valence-corrected chi connectivity index (χ0v) is 11.0. The van der Waals surface area contributed by atoms with Gasteiger partial charge in [-0.2, -0.15) is 17.5 Å². The largest absolute Gasteiger partial charge is 0.511 e. The fourth-order valence-corrected chi connectivity index (χ4v) is 2.46. The maximum atomic E-state index is 12.4. The first kappa shape index (κ1) is 16.7. The molecule has 0 saturated heterocycles. The van der Waals surface area contributed by atoms with Crippen molar-refractivity contribution in [3.63, 3.8) is 0 Å². The Kier molecular flexibility index (Phi) is 5.42. The van der Waals surface area contributed by atoms with Crippen LogP contribution in [-0.4, -0.2) is 37.9 Å². The molecule has 2 N–H and O–H groups in total. The van der Waals surface area contributed by atoms with Crippen molar-refractivity contribution in [1.29, 1.82) is 0 Å². The molecule has 0 aromatic rings. The number of nitrogens with zero attached hydrogens (tertiary/aromatic N) is 1. The van der Waals surface area contributed by atoms with Crippen molar-refractivity contribution in [2.75, 3.05) is 19.6 Å². The van der Waals surface area contributed by atoms with Crippen LogP contribution in [-0.2, 0) is 10.0 Å². The molecule has 0 radical (unpaired) electrons. The summed E-state index contributed by atoms with van der Waals surface area (Å²) in [5.41, 5.74) is -0.544. The molecule has 17 heavy (non-hydrogen) atoms. The molecule has 0 heterocycles. The first-order valence-corrected chi connectivity index (χ1v) is 6.68. The number of halogens is 3. The summed E-state index contributed by atoms with van der Waals surface area (Å²) in [4.78, 5) is 0. The average Bonchev–Trinajstić information content (AvgIpc) is 2.15. The normalized spacial score (nSPS) is 14.4.